The summed E-state index contributed by atoms with van der Waals surface area (Å²) in [6.45, 7) is 7.19. The number of anilines is 3. The Morgan fingerprint density at radius 2 is 1.61 bits per heavy atom. The van der Waals surface area contributed by atoms with Crippen LogP contribution in [-0.4, -0.2) is 93.7 Å². The number of hydrogen-bond donors (Lipinski definition) is 2. The molecule has 0 atom stereocenters. The van der Waals surface area contributed by atoms with Gasteiger partial charge in [0.25, 0.3) is 5.91 Å². The lowest BCUT2D eigenvalue weighted by Gasteiger charge is -2.33. The highest BCUT2D eigenvalue weighted by molar-refractivity contribution is 6.04. The number of benzene rings is 2. The lowest BCUT2D eigenvalue weighted by molar-refractivity contribution is -0.138. The molecule has 0 spiro atoms. The number of nitrogens with zero attached hydrogens (tertiary/aromatic N) is 7. The van der Waals surface area contributed by atoms with Crippen LogP contribution in [-0.2, 0) is 12.7 Å². The maximum atomic E-state index is 14.1. The molecular formula is C36H40F3N9O. The number of aryl methyl sites for hydroxylation is 1. The lowest BCUT2D eigenvalue weighted by atomic mass is 10.0. The molecule has 0 bridgehead atoms. The molecule has 2 aromatic carbocycles. The Bertz CT molecular complexity index is 1830. The first-order valence-corrected chi connectivity index (χ1v) is 16.4. The zero-order chi connectivity index (χ0) is 34.5. The first-order valence-electron chi connectivity index (χ1n) is 16.4. The zero-order valence-electron chi connectivity index (χ0n) is 27.9. The fourth-order valence-electron chi connectivity index (χ4n) is 5.99. The SMILES string of the molecule is Cc1ccc(C(=O)Nc2ccc(CN3CCN(C)CC3)c(C(F)(F)F)c2)cc1C#Cc1cnc(Nc2cnn(C3CCN(C)CC3)c2)nc1. The highest BCUT2D eigenvalue weighted by Crippen LogP contribution is 2.35. The molecule has 2 saturated heterocycles. The summed E-state index contributed by atoms with van der Waals surface area (Å²) in [5, 5.41) is 10.3. The number of carbonyl (C=O) groups excluding carboxylic acids is 1. The Labute approximate surface area is 284 Å². The Morgan fingerprint density at radius 3 is 2.33 bits per heavy atom. The zero-order valence-corrected chi connectivity index (χ0v) is 27.9. The number of carbonyl (C=O) groups is 1. The van der Waals surface area contributed by atoms with Crippen molar-refractivity contribution in [2.45, 2.75) is 38.5 Å². The monoisotopic (exact) mass is 671 g/mol. The maximum absolute atomic E-state index is 14.1. The standard InChI is InChI=1S/C36H40F3N9O/c1-25-4-6-28(34(49)43-30-9-8-29(33(19-30)36(37,38)39)23-47-16-14-46(3)15-17-47)18-27(25)7-5-26-20-40-35(41-21-26)44-31-22-42-48(24-31)32-10-12-45(2)13-11-32/h4,6,8-9,18-22,24,32H,10-17,23H2,1-3H3,(H,43,49)(H,40,41,44). The number of nitrogens with one attached hydrogen (secondary N) is 2. The highest BCUT2D eigenvalue weighted by atomic mass is 19.4. The van der Waals surface area contributed by atoms with Crippen LogP contribution in [0.3, 0.4) is 0 Å². The molecular weight excluding hydrogens is 631 g/mol. The molecule has 6 rings (SSSR count). The third-order valence-electron chi connectivity index (χ3n) is 9.08. The van der Waals surface area contributed by atoms with E-state index in [4.69, 9.17) is 0 Å². The van der Waals surface area contributed by atoms with Gasteiger partial charge in [-0.3, -0.25) is 14.4 Å². The van der Waals surface area contributed by atoms with Gasteiger partial charge in [0.2, 0.25) is 5.95 Å². The van der Waals surface area contributed by atoms with Crippen LogP contribution in [0.5, 0.6) is 0 Å². The maximum Gasteiger partial charge on any atom is 0.416 e. The molecule has 4 heterocycles. The minimum absolute atomic E-state index is 0.0766. The Kier molecular flexibility index (Phi) is 10.3. The van der Waals surface area contributed by atoms with Gasteiger partial charge in [-0.25, -0.2) is 9.97 Å². The number of aromatic nitrogens is 4. The van der Waals surface area contributed by atoms with E-state index in [0.29, 0.717) is 36.2 Å². The molecule has 2 fully saturated rings. The van der Waals surface area contributed by atoms with Crippen molar-refractivity contribution < 1.29 is 18.0 Å². The first kappa shape index (κ1) is 34.1. The Morgan fingerprint density at radius 1 is 0.898 bits per heavy atom. The van der Waals surface area contributed by atoms with E-state index in [9.17, 15) is 18.0 Å². The number of amides is 1. The van der Waals surface area contributed by atoms with Crippen molar-refractivity contribution in [3.8, 4) is 11.8 Å². The highest BCUT2D eigenvalue weighted by Gasteiger charge is 2.34. The average molecular weight is 672 g/mol. The number of hydrogen-bond acceptors (Lipinski definition) is 8. The number of piperidine rings is 1. The van der Waals surface area contributed by atoms with Crippen LogP contribution in [0.1, 0.15) is 57.1 Å². The van der Waals surface area contributed by atoms with E-state index < -0.39 is 17.6 Å². The van der Waals surface area contributed by atoms with E-state index in [0.717, 1.165) is 56.3 Å². The minimum Gasteiger partial charge on any atom is -0.322 e. The second kappa shape index (κ2) is 14.8. The molecule has 10 nitrogen and oxygen atoms in total. The Balaban J connectivity index is 1.09. The molecule has 1 amide bonds. The van der Waals surface area contributed by atoms with Crippen molar-refractivity contribution in [3.05, 3.63) is 94.6 Å². The fraction of sp³-hybridized carbons (Fsp3) is 0.389. The first-order chi connectivity index (χ1) is 23.5. The summed E-state index contributed by atoms with van der Waals surface area (Å²) >= 11 is 0. The smallest absolute Gasteiger partial charge is 0.322 e. The number of alkyl halides is 3. The van der Waals surface area contributed by atoms with Crippen LogP contribution in [0, 0.1) is 18.8 Å². The van der Waals surface area contributed by atoms with Crippen LogP contribution in [0.2, 0.25) is 0 Å². The number of rotatable bonds is 7. The molecule has 13 heteroatoms. The van der Waals surface area contributed by atoms with Crippen LogP contribution >= 0.6 is 0 Å². The summed E-state index contributed by atoms with van der Waals surface area (Å²) in [7, 11) is 4.13. The van der Waals surface area contributed by atoms with Crippen LogP contribution in [0.25, 0.3) is 0 Å². The summed E-state index contributed by atoms with van der Waals surface area (Å²) < 4.78 is 44.1. The predicted octanol–water partition coefficient (Wildman–Crippen LogP) is 5.41. The van der Waals surface area contributed by atoms with Gasteiger partial charge in [-0.1, -0.05) is 24.0 Å². The summed E-state index contributed by atoms with van der Waals surface area (Å²) in [6, 6.07) is 9.38. The molecule has 0 radical (unpaired) electrons. The van der Waals surface area contributed by atoms with Gasteiger partial charge in [0.1, 0.15) is 0 Å². The summed E-state index contributed by atoms with van der Waals surface area (Å²) in [5.41, 5.74) is 2.64. The number of likely N-dealkylation sites (tertiary alicyclic amines) is 1. The van der Waals surface area contributed by atoms with Gasteiger partial charge >= 0.3 is 6.18 Å². The van der Waals surface area contributed by atoms with Gasteiger partial charge in [0.15, 0.2) is 0 Å². The molecule has 256 valence electrons. The van der Waals surface area contributed by atoms with Crippen molar-refractivity contribution in [2.24, 2.45) is 0 Å². The molecule has 49 heavy (non-hydrogen) atoms. The topological polar surface area (TPSA) is 94.5 Å². The van der Waals surface area contributed by atoms with Crippen LogP contribution in [0.4, 0.5) is 30.5 Å². The molecule has 4 aromatic rings. The van der Waals surface area contributed by atoms with Gasteiger partial charge in [-0.2, -0.15) is 18.3 Å². The predicted molar refractivity (Wildman–Crippen MR) is 183 cm³/mol. The second-order valence-electron chi connectivity index (χ2n) is 12.8. The van der Waals surface area contributed by atoms with E-state index in [2.05, 4.69) is 54.4 Å². The van der Waals surface area contributed by atoms with Crippen LogP contribution in [0.15, 0.2) is 61.2 Å². The van der Waals surface area contributed by atoms with E-state index in [1.807, 2.05) is 29.7 Å². The van der Waals surface area contributed by atoms with Crippen molar-refractivity contribution in [2.75, 3.05) is 64.0 Å². The molecule has 2 aliphatic rings. The normalized spacial score (nSPS) is 16.6. The lowest BCUT2D eigenvalue weighted by Crippen LogP contribution is -2.44. The average Bonchev–Trinajstić information content (AvgIpc) is 3.55. The summed E-state index contributed by atoms with van der Waals surface area (Å²) in [4.78, 5) is 28.4. The van der Waals surface area contributed by atoms with Gasteiger partial charge < -0.3 is 20.4 Å². The Hall–Kier alpha value is -4.77. The number of likely N-dealkylation sites (N-methyl/N-ethyl adjacent to an activating group) is 1. The second-order valence-corrected chi connectivity index (χ2v) is 12.8. The molecule has 2 N–H and O–H groups in total. The van der Waals surface area contributed by atoms with E-state index in [1.54, 1.807) is 36.8 Å². The molecule has 0 saturated carbocycles. The minimum atomic E-state index is -4.55. The largest absolute Gasteiger partial charge is 0.416 e. The molecule has 2 aliphatic heterocycles. The number of piperazine rings is 1. The van der Waals surface area contributed by atoms with Crippen molar-refractivity contribution >= 4 is 23.2 Å². The van der Waals surface area contributed by atoms with Crippen LogP contribution < -0.4 is 10.6 Å². The summed E-state index contributed by atoms with van der Waals surface area (Å²) in [5.74, 6) is 6.01. The van der Waals surface area contributed by atoms with Gasteiger partial charge in [0, 0.05) is 68.1 Å². The number of halogens is 3. The fourth-order valence-corrected chi connectivity index (χ4v) is 5.99. The molecule has 2 aromatic heterocycles. The quantitative estimate of drug-likeness (QED) is 0.252. The summed E-state index contributed by atoms with van der Waals surface area (Å²) in [6.07, 6.45) is 4.52. The van der Waals surface area contributed by atoms with E-state index in [1.165, 1.54) is 12.1 Å². The van der Waals surface area contributed by atoms with Gasteiger partial charge in [-0.15, -0.1) is 0 Å². The van der Waals surface area contributed by atoms with E-state index in [-0.39, 0.29) is 23.4 Å². The van der Waals surface area contributed by atoms with Gasteiger partial charge in [0.05, 0.1) is 29.1 Å². The van der Waals surface area contributed by atoms with E-state index >= 15 is 0 Å². The molecule has 0 unspecified atom stereocenters. The van der Waals surface area contributed by atoms with Crippen molar-refractivity contribution in [1.29, 1.82) is 0 Å². The van der Waals surface area contributed by atoms with Gasteiger partial charge in [-0.05, 0) is 82.3 Å². The van der Waals surface area contributed by atoms with Crippen molar-refractivity contribution in [1.82, 2.24) is 34.4 Å². The third kappa shape index (κ3) is 8.83. The van der Waals surface area contributed by atoms with Crippen molar-refractivity contribution in [3.63, 3.8) is 0 Å². The third-order valence-corrected chi connectivity index (χ3v) is 9.08. The molecule has 0 aliphatic carbocycles.